The molecular weight excluding hydrogens is 310 g/mol. The number of rotatable bonds is 6. The standard InChI is InChI=1S/C21H21N3O/c25-18(9-8-15-5-4-11-22-13-15)23-12-10-21-17-14-24(20(21)19(17)21)16-6-2-1-3-7-16/h1-9,11,13,17,19-20H,10,12,14H2,(H,23,25)/b9-8+/t17?,19-,20?,21+/m0/s1. The third-order valence-corrected chi connectivity index (χ3v) is 6.20. The van der Waals surface area contributed by atoms with E-state index in [-0.39, 0.29) is 5.91 Å². The second-order valence-corrected chi connectivity index (χ2v) is 7.34. The fraction of sp³-hybridized carbons (Fsp3) is 0.333. The van der Waals surface area contributed by atoms with Crippen molar-refractivity contribution in [3.63, 3.8) is 0 Å². The summed E-state index contributed by atoms with van der Waals surface area (Å²) in [5.41, 5.74) is 2.79. The zero-order valence-corrected chi connectivity index (χ0v) is 14.0. The van der Waals surface area contributed by atoms with Crippen molar-refractivity contribution in [2.45, 2.75) is 12.5 Å². The molecule has 2 saturated heterocycles. The topological polar surface area (TPSA) is 45.2 Å². The van der Waals surface area contributed by atoms with Crippen LogP contribution < -0.4 is 10.2 Å². The maximum Gasteiger partial charge on any atom is 0.244 e. The number of fused-ring (bicyclic) bond motifs is 1. The number of hydrogen-bond acceptors (Lipinski definition) is 3. The van der Waals surface area contributed by atoms with Crippen molar-refractivity contribution >= 4 is 17.7 Å². The van der Waals surface area contributed by atoms with Crippen molar-refractivity contribution in [1.29, 1.82) is 0 Å². The second kappa shape index (κ2) is 5.45. The molecule has 4 atom stereocenters. The highest BCUT2D eigenvalue weighted by atomic mass is 16.1. The molecule has 6 rings (SSSR count). The number of aromatic nitrogens is 1. The lowest BCUT2D eigenvalue weighted by atomic mass is 10.0. The smallest absolute Gasteiger partial charge is 0.244 e. The molecule has 2 bridgehead atoms. The molecule has 2 aliphatic heterocycles. The van der Waals surface area contributed by atoms with Crippen LogP contribution in [0.2, 0.25) is 0 Å². The molecule has 4 nitrogen and oxygen atoms in total. The van der Waals surface area contributed by atoms with Gasteiger partial charge in [-0.15, -0.1) is 0 Å². The summed E-state index contributed by atoms with van der Waals surface area (Å²) in [7, 11) is 0. The van der Waals surface area contributed by atoms with Gasteiger partial charge in [0.25, 0.3) is 0 Å². The quantitative estimate of drug-likeness (QED) is 0.828. The summed E-state index contributed by atoms with van der Waals surface area (Å²) in [6.07, 6.45) is 7.97. The Morgan fingerprint density at radius 3 is 2.92 bits per heavy atom. The van der Waals surface area contributed by atoms with Crippen molar-refractivity contribution in [3.05, 3.63) is 66.5 Å². The molecule has 2 saturated carbocycles. The number of carbonyl (C=O) groups excluding carboxylic acids is 1. The van der Waals surface area contributed by atoms with Crippen molar-refractivity contribution in [3.8, 4) is 0 Å². The first-order valence-corrected chi connectivity index (χ1v) is 8.98. The van der Waals surface area contributed by atoms with Gasteiger partial charge in [-0.05, 0) is 48.1 Å². The van der Waals surface area contributed by atoms with Gasteiger partial charge in [0.2, 0.25) is 5.91 Å². The molecule has 4 heteroatoms. The maximum absolute atomic E-state index is 12.0. The van der Waals surface area contributed by atoms with Gasteiger partial charge in [-0.25, -0.2) is 0 Å². The summed E-state index contributed by atoms with van der Waals surface area (Å²) >= 11 is 0. The normalized spacial score (nSPS) is 31.0. The van der Waals surface area contributed by atoms with E-state index in [9.17, 15) is 4.79 Å². The van der Waals surface area contributed by atoms with E-state index < -0.39 is 0 Å². The van der Waals surface area contributed by atoms with Crippen LogP contribution in [0.4, 0.5) is 5.69 Å². The number of anilines is 1. The van der Waals surface area contributed by atoms with E-state index >= 15 is 0 Å². The van der Waals surface area contributed by atoms with Crippen molar-refractivity contribution in [2.24, 2.45) is 17.3 Å². The van der Waals surface area contributed by atoms with Gasteiger partial charge < -0.3 is 10.2 Å². The van der Waals surface area contributed by atoms with Gasteiger partial charge in [-0.1, -0.05) is 24.3 Å². The predicted octanol–water partition coefficient (Wildman–Crippen LogP) is 2.74. The second-order valence-electron chi connectivity index (χ2n) is 7.34. The highest BCUT2D eigenvalue weighted by Crippen LogP contribution is 2.87. The summed E-state index contributed by atoms with van der Waals surface area (Å²) < 4.78 is 0. The summed E-state index contributed by atoms with van der Waals surface area (Å²) in [6, 6.07) is 15.2. The van der Waals surface area contributed by atoms with Gasteiger partial charge in [0, 0.05) is 48.7 Å². The van der Waals surface area contributed by atoms with E-state index in [1.165, 1.54) is 12.2 Å². The molecule has 0 spiro atoms. The molecule has 25 heavy (non-hydrogen) atoms. The largest absolute Gasteiger partial charge is 0.367 e. The molecule has 1 aromatic carbocycles. The monoisotopic (exact) mass is 331 g/mol. The van der Waals surface area contributed by atoms with Crippen LogP contribution in [0.5, 0.6) is 0 Å². The van der Waals surface area contributed by atoms with Gasteiger partial charge in [-0.3, -0.25) is 9.78 Å². The highest BCUT2D eigenvalue weighted by molar-refractivity contribution is 5.91. The van der Waals surface area contributed by atoms with Gasteiger partial charge in [-0.2, -0.15) is 0 Å². The summed E-state index contributed by atoms with van der Waals surface area (Å²) in [4.78, 5) is 18.6. The molecule has 2 aliphatic carbocycles. The van der Waals surface area contributed by atoms with Crippen LogP contribution >= 0.6 is 0 Å². The lowest BCUT2D eigenvalue weighted by Gasteiger charge is -2.19. The number of nitrogens with one attached hydrogen (secondary N) is 1. The first-order chi connectivity index (χ1) is 12.3. The van der Waals surface area contributed by atoms with E-state index in [4.69, 9.17) is 0 Å². The molecule has 126 valence electrons. The minimum atomic E-state index is -0.0228. The fourth-order valence-corrected chi connectivity index (χ4v) is 4.95. The van der Waals surface area contributed by atoms with Crippen LogP contribution in [0.1, 0.15) is 12.0 Å². The zero-order chi connectivity index (χ0) is 16.9. The molecule has 4 aliphatic rings. The van der Waals surface area contributed by atoms with Crippen molar-refractivity contribution in [1.82, 2.24) is 10.3 Å². The Labute approximate surface area is 147 Å². The Balaban J connectivity index is 1.12. The summed E-state index contributed by atoms with van der Waals surface area (Å²) in [5, 5.41) is 3.03. The Kier molecular flexibility index (Phi) is 3.20. The number of piperidine rings is 1. The van der Waals surface area contributed by atoms with Crippen molar-refractivity contribution < 1.29 is 4.79 Å². The predicted molar refractivity (Wildman–Crippen MR) is 97.9 cm³/mol. The Morgan fingerprint density at radius 2 is 2.16 bits per heavy atom. The van der Waals surface area contributed by atoms with Crippen molar-refractivity contribution in [2.75, 3.05) is 18.0 Å². The van der Waals surface area contributed by atoms with E-state index in [1.807, 2.05) is 12.1 Å². The molecule has 3 heterocycles. The maximum atomic E-state index is 12.0. The average Bonchev–Trinajstić information content (AvgIpc) is 3.35. The number of carbonyl (C=O) groups is 1. The Morgan fingerprint density at radius 1 is 1.28 bits per heavy atom. The molecule has 1 N–H and O–H groups in total. The highest BCUT2D eigenvalue weighted by Gasteiger charge is 2.91. The van der Waals surface area contributed by atoms with Crippen LogP contribution in [-0.4, -0.2) is 30.0 Å². The van der Waals surface area contributed by atoms with Gasteiger partial charge in [0.1, 0.15) is 0 Å². The molecular formula is C21H21N3O. The number of amides is 1. The van der Waals surface area contributed by atoms with Crippen LogP contribution in [-0.2, 0) is 4.79 Å². The first kappa shape index (κ1) is 14.7. The van der Waals surface area contributed by atoms with Crippen LogP contribution in [0.15, 0.2) is 60.9 Å². The number of benzene rings is 1. The number of pyridine rings is 1. The average molecular weight is 331 g/mol. The minimum Gasteiger partial charge on any atom is -0.367 e. The number of hydrogen-bond donors (Lipinski definition) is 1. The van der Waals surface area contributed by atoms with Crippen LogP contribution in [0.3, 0.4) is 0 Å². The van der Waals surface area contributed by atoms with Crippen LogP contribution in [0, 0.1) is 17.3 Å². The Bertz CT molecular complexity index is 814. The van der Waals surface area contributed by atoms with E-state index in [0.29, 0.717) is 11.5 Å². The lowest BCUT2D eigenvalue weighted by Crippen LogP contribution is -2.26. The van der Waals surface area contributed by atoms with Crippen LogP contribution in [0.25, 0.3) is 6.08 Å². The Hall–Kier alpha value is -2.62. The SMILES string of the molecule is O=C(/C=C/c1cccnc1)NCC[C@]12C3CN(c4ccccc4)C1[C@H]32. The lowest BCUT2D eigenvalue weighted by molar-refractivity contribution is -0.116. The van der Waals surface area contributed by atoms with E-state index in [0.717, 1.165) is 30.4 Å². The molecule has 0 radical (unpaired) electrons. The third kappa shape index (κ3) is 2.28. The molecule has 1 amide bonds. The first-order valence-electron chi connectivity index (χ1n) is 8.98. The van der Waals surface area contributed by atoms with E-state index in [2.05, 4.69) is 45.5 Å². The number of nitrogens with zero attached hydrogens (tertiary/aromatic N) is 2. The molecule has 2 aromatic rings. The molecule has 1 aromatic heterocycles. The molecule has 2 unspecified atom stereocenters. The molecule has 4 fully saturated rings. The van der Waals surface area contributed by atoms with Gasteiger partial charge in [0.05, 0.1) is 0 Å². The van der Waals surface area contributed by atoms with Gasteiger partial charge in [0.15, 0.2) is 0 Å². The van der Waals surface area contributed by atoms with E-state index in [1.54, 1.807) is 24.5 Å². The third-order valence-electron chi connectivity index (χ3n) is 6.20. The fourth-order valence-electron chi connectivity index (χ4n) is 4.95. The summed E-state index contributed by atoms with van der Waals surface area (Å²) in [5.74, 6) is 1.70. The minimum absolute atomic E-state index is 0.0228. The van der Waals surface area contributed by atoms with Gasteiger partial charge >= 0.3 is 0 Å². The number of para-hydroxylation sites is 1. The zero-order valence-electron chi connectivity index (χ0n) is 14.0. The summed E-state index contributed by atoms with van der Waals surface area (Å²) in [6.45, 7) is 1.95.